The van der Waals surface area contributed by atoms with Gasteiger partial charge in [0.05, 0.1) is 10.0 Å². The number of hydrogen-bond acceptors (Lipinski definition) is 3. The molecule has 0 fully saturated rings. The van der Waals surface area contributed by atoms with Crippen LogP contribution in [0, 0.1) is 0 Å². The van der Waals surface area contributed by atoms with E-state index >= 15 is 0 Å². The first-order chi connectivity index (χ1) is 9.10. The molecule has 0 atom stereocenters. The van der Waals surface area contributed by atoms with Gasteiger partial charge in [-0.3, -0.25) is 4.79 Å². The summed E-state index contributed by atoms with van der Waals surface area (Å²) in [4.78, 5) is 14.6. The Hall–Kier alpha value is -1.49. The minimum absolute atomic E-state index is 0.209. The highest BCUT2D eigenvalue weighted by atomic mass is 35.5. The predicted octanol–water partition coefficient (Wildman–Crippen LogP) is 2.72. The van der Waals surface area contributed by atoms with Crippen LogP contribution in [0.1, 0.15) is 11.3 Å². The van der Waals surface area contributed by atoms with Gasteiger partial charge in [0.1, 0.15) is 6.61 Å². The molecule has 2 rings (SSSR count). The third-order valence-corrected chi connectivity index (χ3v) is 3.27. The molecule has 0 radical (unpaired) electrons. The molecule has 4 nitrogen and oxygen atoms in total. The molecule has 0 spiro atoms. The van der Waals surface area contributed by atoms with Crippen LogP contribution >= 0.6 is 23.2 Å². The van der Waals surface area contributed by atoms with E-state index in [-0.39, 0.29) is 24.3 Å². The molecule has 0 unspecified atom stereocenters. The molecule has 2 aromatic rings. The van der Waals surface area contributed by atoms with Gasteiger partial charge in [0.15, 0.2) is 5.75 Å². The summed E-state index contributed by atoms with van der Waals surface area (Å²) >= 11 is 11.7. The molecular formula is C13H12Cl2N2O2. The lowest BCUT2D eigenvalue weighted by atomic mass is 10.2. The van der Waals surface area contributed by atoms with Crippen molar-refractivity contribution in [2.24, 2.45) is 5.73 Å². The van der Waals surface area contributed by atoms with Crippen LogP contribution < -0.4 is 15.9 Å². The Bertz CT molecular complexity index is 641. The fraction of sp³-hybridized carbons (Fsp3) is 0.154. The lowest BCUT2D eigenvalue weighted by molar-refractivity contribution is 0.302. The van der Waals surface area contributed by atoms with Crippen molar-refractivity contribution < 1.29 is 4.74 Å². The van der Waals surface area contributed by atoms with E-state index in [1.165, 1.54) is 12.3 Å². The van der Waals surface area contributed by atoms with Gasteiger partial charge < -0.3 is 15.5 Å². The van der Waals surface area contributed by atoms with Crippen LogP contribution in [0.3, 0.4) is 0 Å². The molecule has 0 saturated heterocycles. The Balaban J connectivity index is 2.10. The van der Waals surface area contributed by atoms with Crippen molar-refractivity contribution >= 4 is 23.2 Å². The highest BCUT2D eigenvalue weighted by Gasteiger charge is 2.04. The van der Waals surface area contributed by atoms with Crippen molar-refractivity contribution in [3.63, 3.8) is 0 Å². The summed E-state index contributed by atoms with van der Waals surface area (Å²) in [5, 5.41) is 0.936. The molecule has 0 aliphatic rings. The highest BCUT2D eigenvalue weighted by Crippen LogP contribution is 2.23. The van der Waals surface area contributed by atoms with E-state index in [1.54, 1.807) is 18.2 Å². The van der Waals surface area contributed by atoms with Crippen molar-refractivity contribution in [2.75, 3.05) is 0 Å². The van der Waals surface area contributed by atoms with Crippen LogP contribution in [0.5, 0.6) is 5.75 Å². The van der Waals surface area contributed by atoms with Gasteiger partial charge in [0.2, 0.25) is 5.43 Å². The molecule has 0 bridgehead atoms. The van der Waals surface area contributed by atoms with Crippen LogP contribution in [0.2, 0.25) is 10.0 Å². The van der Waals surface area contributed by atoms with E-state index in [2.05, 4.69) is 4.98 Å². The Morgan fingerprint density at radius 2 is 2.00 bits per heavy atom. The topological polar surface area (TPSA) is 68.1 Å². The average Bonchev–Trinajstić information content (AvgIpc) is 2.41. The maximum absolute atomic E-state index is 11.7. The van der Waals surface area contributed by atoms with Crippen LogP contribution in [-0.4, -0.2) is 4.98 Å². The zero-order chi connectivity index (χ0) is 13.8. The van der Waals surface area contributed by atoms with Gasteiger partial charge in [-0.15, -0.1) is 0 Å². The summed E-state index contributed by atoms with van der Waals surface area (Å²) in [5.74, 6) is 0.239. The van der Waals surface area contributed by atoms with Gasteiger partial charge in [-0.2, -0.15) is 0 Å². The number of benzene rings is 1. The van der Waals surface area contributed by atoms with Crippen molar-refractivity contribution in [3.8, 4) is 5.75 Å². The smallest absolute Gasteiger partial charge is 0.223 e. The SMILES string of the molecule is NCc1cc(=O)c(OCc2ccc(Cl)c(Cl)c2)c[nH]1. The van der Waals surface area contributed by atoms with E-state index in [9.17, 15) is 4.79 Å². The minimum Gasteiger partial charge on any atom is -0.483 e. The molecule has 0 saturated carbocycles. The van der Waals surface area contributed by atoms with Crippen molar-refractivity contribution in [2.45, 2.75) is 13.2 Å². The van der Waals surface area contributed by atoms with Gasteiger partial charge >= 0.3 is 0 Å². The van der Waals surface area contributed by atoms with Gasteiger partial charge in [-0.25, -0.2) is 0 Å². The standard InChI is InChI=1S/C13H12Cl2N2O2/c14-10-2-1-8(3-11(10)15)7-19-13-6-17-9(5-16)4-12(13)18/h1-4,6H,5,7,16H2,(H,17,18). The van der Waals surface area contributed by atoms with Gasteiger partial charge in [-0.05, 0) is 17.7 Å². The second-order valence-electron chi connectivity index (χ2n) is 3.93. The molecule has 0 amide bonds. The molecule has 0 aliphatic carbocycles. The molecule has 1 aromatic carbocycles. The summed E-state index contributed by atoms with van der Waals surface area (Å²) in [6, 6.07) is 6.59. The number of aromatic nitrogens is 1. The Morgan fingerprint density at radius 3 is 2.63 bits per heavy atom. The molecule has 19 heavy (non-hydrogen) atoms. The summed E-state index contributed by atoms with van der Waals surface area (Å²) in [5.41, 5.74) is 6.71. The quantitative estimate of drug-likeness (QED) is 0.912. The lowest BCUT2D eigenvalue weighted by Gasteiger charge is -2.07. The number of halogens is 2. The van der Waals surface area contributed by atoms with E-state index in [4.69, 9.17) is 33.7 Å². The third kappa shape index (κ3) is 3.50. The highest BCUT2D eigenvalue weighted by molar-refractivity contribution is 6.42. The molecule has 3 N–H and O–H groups in total. The van der Waals surface area contributed by atoms with Crippen LogP contribution in [0.4, 0.5) is 0 Å². The fourth-order valence-electron chi connectivity index (χ4n) is 1.52. The minimum atomic E-state index is -0.209. The molecule has 6 heteroatoms. The van der Waals surface area contributed by atoms with E-state index < -0.39 is 0 Å². The third-order valence-electron chi connectivity index (χ3n) is 2.54. The number of aromatic amines is 1. The number of ether oxygens (including phenoxy) is 1. The second-order valence-corrected chi connectivity index (χ2v) is 4.74. The molecule has 100 valence electrons. The number of rotatable bonds is 4. The van der Waals surface area contributed by atoms with Crippen LogP contribution in [-0.2, 0) is 13.2 Å². The largest absolute Gasteiger partial charge is 0.483 e. The number of H-pyrrole nitrogens is 1. The normalized spacial score (nSPS) is 10.5. The first-order valence-electron chi connectivity index (χ1n) is 5.58. The molecule has 1 aromatic heterocycles. The van der Waals surface area contributed by atoms with E-state index in [1.807, 2.05) is 0 Å². The van der Waals surface area contributed by atoms with Gasteiger partial charge in [0.25, 0.3) is 0 Å². The monoisotopic (exact) mass is 298 g/mol. The number of nitrogens with one attached hydrogen (secondary N) is 1. The van der Waals surface area contributed by atoms with Crippen molar-refractivity contribution in [1.82, 2.24) is 4.98 Å². The zero-order valence-corrected chi connectivity index (χ0v) is 11.5. The van der Waals surface area contributed by atoms with Gasteiger partial charge in [-0.1, -0.05) is 29.3 Å². The Morgan fingerprint density at radius 1 is 1.21 bits per heavy atom. The zero-order valence-electron chi connectivity index (χ0n) is 9.95. The Labute approximate surface area is 120 Å². The molecule has 0 aliphatic heterocycles. The van der Waals surface area contributed by atoms with Crippen LogP contribution in [0.25, 0.3) is 0 Å². The maximum atomic E-state index is 11.7. The summed E-state index contributed by atoms with van der Waals surface area (Å²) in [6.45, 7) is 0.518. The van der Waals surface area contributed by atoms with Crippen molar-refractivity contribution in [1.29, 1.82) is 0 Å². The summed E-state index contributed by atoms with van der Waals surface area (Å²) in [7, 11) is 0. The number of nitrogens with two attached hydrogens (primary N) is 1. The maximum Gasteiger partial charge on any atom is 0.223 e. The average molecular weight is 299 g/mol. The van der Waals surface area contributed by atoms with Crippen LogP contribution in [0.15, 0.2) is 35.3 Å². The Kier molecular flexibility index (Phi) is 4.47. The first-order valence-corrected chi connectivity index (χ1v) is 6.34. The van der Waals surface area contributed by atoms with Crippen molar-refractivity contribution in [3.05, 3.63) is 62.0 Å². The summed E-state index contributed by atoms with van der Waals surface area (Å²) < 4.78 is 5.43. The summed E-state index contributed by atoms with van der Waals surface area (Å²) in [6.07, 6.45) is 1.50. The number of pyridine rings is 1. The van der Waals surface area contributed by atoms with E-state index in [0.29, 0.717) is 15.7 Å². The molecular weight excluding hydrogens is 287 g/mol. The number of hydrogen-bond donors (Lipinski definition) is 2. The molecule has 1 heterocycles. The first kappa shape index (κ1) is 13.9. The van der Waals surface area contributed by atoms with Gasteiger partial charge in [0, 0.05) is 24.5 Å². The van der Waals surface area contributed by atoms with E-state index in [0.717, 1.165) is 5.56 Å². The second kappa shape index (κ2) is 6.10. The lowest BCUT2D eigenvalue weighted by Crippen LogP contribution is -2.11. The predicted molar refractivity (Wildman–Crippen MR) is 75.7 cm³/mol. The fourth-order valence-corrected chi connectivity index (χ4v) is 1.84.